The molecule has 0 aliphatic rings. The average Bonchev–Trinajstić information content (AvgIpc) is 2.25. The van der Waals surface area contributed by atoms with Crippen LogP contribution in [0.5, 0.6) is 0 Å². The first kappa shape index (κ1) is 13.5. The van der Waals surface area contributed by atoms with Crippen LogP contribution in [0, 0.1) is 6.92 Å². The smallest absolute Gasteiger partial charge is 0.390 e. The lowest BCUT2D eigenvalue weighted by atomic mass is 9.95. The van der Waals surface area contributed by atoms with Gasteiger partial charge in [-0.15, -0.1) is 0 Å². The van der Waals surface area contributed by atoms with Gasteiger partial charge in [-0.05, 0) is 12.5 Å². The number of benzene rings is 1. The molecular weight excluding hydrogens is 233 g/mol. The quantitative estimate of drug-likeness (QED) is 0.765. The lowest BCUT2D eigenvalue weighted by Gasteiger charge is -2.17. The van der Waals surface area contributed by atoms with E-state index in [1.807, 2.05) is 6.92 Å². The van der Waals surface area contributed by atoms with Crippen LogP contribution in [0.25, 0.3) is 0 Å². The van der Waals surface area contributed by atoms with Crippen LogP contribution in [0.1, 0.15) is 23.5 Å². The number of halogens is 3. The highest BCUT2D eigenvalue weighted by Crippen LogP contribution is 2.32. The van der Waals surface area contributed by atoms with Gasteiger partial charge >= 0.3 is 12.1 Å². The van der Waals surface area contributed by atoms with Gasteiger partial charge in [0.15, 0.2) is 0 Å². The Balaban J connectivity index is 2.98. The second kappa shape index (κ2) is 5.21. The van der Waals surface area contributed by atoms with Gasteiger partial charge in [-0.1, -0.05) is 29.8 Å². The first-order chi connectivity index (χ1) is 7.83. The van der Waals surface area contributed by atoms with Crippen LogP contribution in [0.2, 0.25) is 0 Å². The van der Waals surface area contributed by atoms with Crippen molar-refractivity contribution >= 4 is 5.97 Å². The molecule has 0 saturated heterocycles. The molecule has 0 aliphatic carbocycles. The zero-order valence-electron chi connectivity index (χ0n) is 9.54. The maximum atomic E-state index is 12.4. The number of carbonyl (C=O) groups is 1. The second-order valence-corrected chi connectivity index (χ2v) is 3.81. The minimum Gasteiger partial charge on any atom is -0.469 e. The lowest BCUT2D eigenvalue weighted by Crippen LogP contribution is -2.22. The van der Waals surface area contributed by atoms with E-state index in [1.54, 1.807) is 12.1 Å². The molecule has 1 aromatic rings. The second-order valence-electron chi connectivity index (χ2n) is 3.81. The maximum absolute atomic E-state index is 12.4. The molecule has 17 heavy (non-hydrogen) atoms. The van der Waals surface area contributed by atoms with Crippen molar-refractivity contribution in [3.63, 3.8) is 0 Å². The van der Waals surface area contributed by atoms with E-state index in [0.717, 1.165) is 12.7 Å². The summed E-state index contributed by atoms with van der Waals surface area (Å²) in [6.45, 7) is 1.82. The van der Waals surface area contributed by atoms with E-state index in [-0.39, 0.29) is 0 Å². The Morgan fingerprint density at radius 1 is 1.29 bits per heavy atom. The molecule has 0 amide bonds. The summed E-state index contributed by atoms with van der Waals surface area (Å²) in [4.78, 5) is 11.4. The summed E-state index contributed by atoms with van der Waals surface area (Å²) in [6.07, 6.45) is -5.60. The van der Waals surface area contributed by atoms with Gasteiger partial charge in [-0.2, -0.15) is 13.2 Å². The van der Waals surface area contributed by atoms with Crippen LogP contribution in [-0.2, 0) is 9.53 Å². The Labute approximate surface area is 97.4 Å². The van der Waals surface area contributed by atoms with Gasteiger partial charge < -0.3 is 4.74 Å². The Morgan fingerprint density at radius 3 is 2.24 bits per heavy atom. The lowest BCUT2D eigenvalue weighted by molar-refractivity contribution is -0.159. The minimum atomic E-state index is -4.40. The molecule has 0 heterocycles. The van der Waals surface area contributed by atoms with E-state index < -0.39 is 24.5 Å². The van der Waals surface area contributed by atoms with Crippen LogP contribution in [0.15, 0.2) is 24.3 Å². The molecule has 0 saturated carbocycles. The Kier molecular flexibility index (Phi) is 4.15. The van der Waals surface area contributed by atoms with Crippen LogP contribution in [0.4, 0.5) is 13.2 Å². The minimum absolute atomic E-state index is 0.319. The number of aryl methyl sites for hydroxylation is 1. The van der Waals surface area contributed by atoms with E-state index in [2.05, 4.69) is 4.74 Å². The highest BCUT2D eigenvalue weighted by Gasteiger charge is 2.36. The molecule has 1 aromatic carbocycles. The molecule has 0 spiro atoms. The summed E-state index contributed by atoms with van der Waals surface area (Å²) in [5.41, 5.74) is 1.24. The topological polar surface area (TPSA) is 26.3 Å². The first-order valence-corrected chi connectivity index (χ1v) is 5.04. The van der Waals surface area contributed by atoms with Gasteiger partial charge in [0.2, 0.25) is 0 Å². The number of carbonyl (C=O) groups excluding carboxylic acids is 1. The Hall–Kier alpha value is -1.52. The Bertz CT molecular complexity index is 382. The normalized spacial score (nSPS) is 13.2. The summed E-state index contributed by atoms with van der Waals surface area (Å²) < 4.78 is 41.5. The van der Waals surface area contributed by atoms with Crippen LogP contribution in [-0.4, -0.2) is 19.3 Å². The standard InChI is InChI=1S/C12H13F3O2/c1-8-3-5-9(6-4-8)10(11(16)17-2)7-12(13,14)15/h3-6,10H,7H2,1-2H3. The fraction of sp³-hybridized carbons (Fsp3) is 0.417. The van der Waals surface area contributed by atoms with Crippen LogP contribution in [0.3, 0.4) is 0 Å². The highest BCUT2D eigenvalue weighted by atomic mass is 19.4. The van der Waals surface area contributed by atoms with Crippen molar-refractivity contribution in [2.45, 2.75) is 25.4 Å². The summed E-state index contributed by atoms with van der Waals surface area (Å²) in [6, 6.07) is 6.37. The van der Waals surface area contributed by atoms with Gasteiger partial charge in [0.05, 0.1) is 19.4 Å². The van der Waals surface area contributed by atoms with Crippen LogP contribution < -0.4 is 0 Å². The zero-order chi connectivity index (χ0) is 13.1. The third-order valence-electron chi connectivity index (χ3n) is 2.40. The molecule has 0 N–H and O–H groups in total. The van der Waals surface area contributed by atoms with E-state index in [1.165, 1.54) is 12.1 Å². The number of ether oxygens (including phenoxy) is 1. The predicted octanol–water partition coefficient (Wildman–Crippen LogP) is 3.20. The number of esters is 1. The van der Waals surface area contributed by atoms with E-state index in [0.29, 0.717) is 5.56 Å². The third kappa shape index (κ3) is 4.09. The molecule has 1 atom stereocenters. The van der Waals surface area contributed by atoms with Crippen molar-refractivity contribution < 1.29 is 22.7 Å². The van der Waals surface area contributed by atoms with E-state index in [9.17, 15) is 18.0 Å². The number of hydrogen-bond donors (Lipinski definition) is 0. The summed E-state index contributed by atoms with van der Waals surface area (Å²) in [5, 5.41) is 0. The molecule has 94 valence electrons. The van der Waals surface area contributed by atoms with Gasteiger partial charge in [0, 0.05) is 0 Å². The number of methoxy groups -OCH3 is 1. The predicted molar refractivity (Wildman–Crippen MR) is 56.6 cm³/mol. The van der Waals surface area contributed by atoms with Crippen molar-refractivity contribution in [2.24, 2.45) is 0 Å². The molecule has 0 bridgehead atoms. The van der Waals surface area contributed by atoms with Crippen molar-refractivity contribution in [1.29, 1.82) is 0 Å². The summed E-state index contributed by atoms with van der Waals surface area (Å²) in [5.74, 6) is -2.16. The van der Waals surface area contributed by atoms with Gasteiger partial charge in [-0.25, -0.2) is 0 Å². The van der Waals surface area contributed by atoms with Crippen molar-refractivity contribution in [3.8, 4) is 0 Å². The number of rotatable bonds is 3. The highest BCUT2D eigenvalue weighted by molar-refractivity contribution is 5.78. The fourth-order valence-electron chi connectivity index (χ4n) is 1.51. The molecule has 0 fully saturated rings. The molecule has 0 radical (unpaired) electrons. The molecule has 0 aliphatic heterocycles. The first-order valence-electron chi connectivity index (χ1n) is 5.04. The maximum Gasteiger partial charge on any atom is 0.390 e. The Morgan fingerprint density at radius 2 is 1.82 bits per heavy atom. The molecule has 1 unspecified atom stereocenters. The monoisotopic (exact) mass is 246 g/mol. The number of hydrogen-bond acceptors (Lipinski definition) is 2. The van der Waals surface area contributed by atoms with Crippen molar-refractivity contribution in [2.75, 3.05) is 7.11 Å². The molecule has 5 heteroatoms. The van der Waals surface area contributed by atoms with Crippen molar-refractivity contribution in [3.05, 3.63) is 35.4 Å². The van der Waals surface area contributed by atoms with Gasteiger partial charge in [-0.3, -0.25) is 4.79 Å². The van der Waals surface area contributed by atoms with Crippen LogP contribution >= 0.6 is 0 Å². The average molecular weight is 246 g/mol. The summed E-state index contributed by atoms with van der Waals surface area (Å²) in [7, 11) is 1.08. The van der Waals surface area contributed by atoms with Gasteiger partial charge in [0.25, 0.3) is 0 Å². The van der Waals surface area contributed by atoms with Gasteiger partial charge in [0.1, 0.15) is 0 Å². The molecule has 2 nitrogen and oxygen atoms in total. The zero-order valence-corrected chi connectivity index (χ0v) is 9.54. The molecule has 1 rings (SSSR count). The van der Waals surface area contributed by atoms with E-state index >= 15 is 0 Å². The molecule has 0 aromatic heterocycles. The molecular formula is C12H13F3O2. The SMILES string of the molecule is COC(=O)C(CC(F)(F)F)c1ccc(C)cc1. The van der Waals surface area contributed by atoms with E-state index in [4.69, 9.17) is 0 Å². The van der Waals surface area contributed by atoms with Crippen molar-refractivity contribution in [1.82, 2.24) is 0 Å². The fourth-order valence-corrected chi connectivity index (χ4v) is 1.51. The third-order valence-corrected chi connectivity index (χ3v) is 2.40. The number of alkyl halides is 3. The largest absolute Gasteiger partial charge is 0.469 e. The summed E-state index contributed by atoms with van der Waals surface area (Å²) >= 11 is 0.